The van der Waals surface area contributed by atoms with E-state index in [1.54, 1.807) is 0 Å². The minimum atomic E-state index is 0.549. The Hall–Kier alpha value is -0.730. The normalized spacial score (nSPS) is 25.2. The first kappa shape index (κ1) is 7.90. The van der Waals surface area contributed by atoms with Crippen molar-refractivity contribution in [2.24, 2.45) is 10.7 Å². The van der Waals surface area contributed by atoms with E-state index in [-0.39, 0.29) is 0 Å². The summed E-state index contributed by atoms with van der Waals surface area (Å²) in [4.78, 5) is 6.55. The van der Waals surface area contributed by atoms with Crippen LogP contribution >= 0.6 is 0 Å². The molecule has 0 heterocycles. The van der Waals surface area contributed by atoms with Crippen LogP contribution in [-0.2, 0) is 0 Å². The predicted octanol–water partition coefficient (Wildman–Crippen LogP) is 0.948. The molecule has 0 atom stereocenters. The molecule has 12 heavy (non-hydrogen) atoms. The van der Waals surface area contributed by atoms with Crippen LogP contribution in [0.1, 0.15) is 32.1 Å². The molecule has 0 unspecified atom stereocenters. The van der Waals surface area contributed by atoms with Gasteiger partial charge in [-0.15, -0.1) is 0 Å². The molecule has 2 aliphatic carbocycles. The molecule has 0 aliphatic heterocycles. The lowest BCUT2D eigenvalue weighted by atomic mass is 9.92. The van der Waals surface area contributed by atoms with E-state index in [0.29, 0.717) is 12.1 Å². The van der Waals surface area contributed by atoms with Gasteiger partial charge < -0.3 is 10.6 Å². The Labute approximate surface area is 73.6 Å². The zero-order chi connectivity index (χ0) is 8.55. The van der Waals surface area contributed by atoms with Crippen LogP contribution in [0.25, 0.3) is 0 Å². The number of hydrogen-bond donors (Lipinski definition) is 1. The van der Waals surface area contributed by atoms with Gasteiger partial charge in [-0.25, -0.2) is 4.99 Å². The van der Waals surface area contributed by atoms with Crippen LogP contribution in [0.15, 0.2) is 4.99 Å². The van der Waals surface area contributed by atoms with Crippen LogP contribution < -0.4 is 5.73 Å². The van der Waals surface area contributed by atoms with Crippen molar-refractivity contribution < 1.29 is 0 Å². The molecule has 68 valence electrons. The van der Waals surface area contributed by atoms with E-state index in [1.807, 2.05) is 0 Å². The summed E-state index contributed by atoms with van der Waals surface area (Å²) in [6.07, 6.45) is 6.40. The van der Waals surface area contributed by atoms with Gasteiger partial charge in [-0.05, 0) is 32.1 Å². The lowest BCUT2D eigenvalue weighted by Gasteiger charge is -2.35. The third kappa shape index (κ3) is 1.54. The Morgan fingerprint density at radius 3 is 2.42 bits per heavy atom. The maximum atomic E-state index is 5.84. The molecule has 0 amide bonds. The molecule has 0 spiro atoms. The van der Waals surface area contributed by atoms with Crippen LogP contribution in [0.2, 0.25) is 0 Å². The second-order valence-corrected chi connectivity index (χ2v) is 3.91. The number of aliphatic imine (C=N–C) groups is 1. The van der Waals surface area contributed by atoms with E-state index >= 15 is 0 Å². The third-order valence-corrected chi connectivity index (χ3v) is 2.85. The SMILES string of the molecule is CN(C(N)=NC1CC1)C1CCC1. The highest BCUT2D eigenvalue weighted by Gasteiger charge is 2.26. The van der Waals surface area contributed by atoms with Crippen LogP contribution in [0.3, 0.4) is 0 Å². The van der Waals surface area contributed by atoms with E-state index in [0.717, 1.165) is 5.96 Å². The van der Waals surface area contributed by atoms with Crippen molar-refractivity contribution in [2.75, 3.05) is 7.05 Å². The minimum Gasteiger partial charge on any atom is -0.370 e. The highest BCUT2D eigenvalue weighted by molar-refractivity contribution is 5.78. The molecule has 2 fully saturated rings. The average molecular weight is 167 g/mol. The van der Waals surface area contributed by atoms with Gasteiger partial charge >= 0.3 is 0 Å². The van der Waals surface area contributed by atoms with Gasteiger partial charge in [0.05, 0.1) is 6.04 Å². The van der Waals surface area contributed by atoms with Crippen molar-refractivity contribution in [1.29, 1.82) is 0 Å². The maximum Gasteiger partial charge on any atom is 0.191 e. The molecule has 0 radical (unpaired) electrons. The van der Waals surface area contributed by atoms with E-state index in [2.05, 4.69) is 16.9 Å². The largest absolute Gasteiger partial charge is 0.370 e. The van der Waals surface area contributed by atoms with Gasteiger partial charge in [0.15, 0.2) is 5.96 Å². The second kappa shape index (κ2) is 2.96. The molecule has 0 aromatic heterocycles. The molecule has 0 saturated heterocycles. The number of rotatable bonds is 2. The molecule has 2 rings (SSSR count). The maximum absolute atomic E-state index is 5.84. The van der Waals surface area contributed by atoms with Crippen LogP contribution in [0, 0.1) is 0 Å². The lowest BCUT2D eigenvalue weighted by molar-refractivity contribution is 0.238. The number of nitrogens with zero attached hydrogens (tertiary/aromatic N) is 2. The number of guanidine groups is 1. The fourth-order valence-corrected chi connectivity index (χ4v) is 1.44. The first-order valence-electron chi connectivity index (χ1n) is 4.83. The van der Waals surface area contributed by atoms with Gasteiger partial charge in [-0.1, -0.05) is 0 Å². The van der Waals surface area contributed by atoms with Gasteiger partial charge in [0.2, 0.25) is 0 Å². The third-order valence-electron chi connectivity index (χ3n) is 2.85. The van der Waals surface area contributed by atoms with Crippen molar-refractivity contribution in [3.05, 3.63) is 0 Å². The topological polar surface area (TPSA) is 41.6 Å². The first-order chi connectivity index (χ1) is 5.77. The van der Waals surface area contributed by atoms with E-state index in [1.165, 1.54) is 32.1 Å². The Bertz CT molecular complexity index is 192. The van der Waals surface area contributed by atoms with Crippen molar-refractivity contribution in [3.8, 4) is 0 Å². The van der Waals surface area contributed by atoms with Gasteiger partial charge in [0, 0.05) is 13.1 Å². The predicted molar refractivity (Wildman–Crippen MR) is 50.0 cm³/mol. The fraction of sp³-hybridized carbons (Fsp3) is 0.889. The lowest BCUT2D eigenvalue weighted by Crippen LogP contribution is -2.45. The summed E-state index contributed by atoms with van der Waals surface area (Å²) in [6.45, 7) is 0. The first-order valence-corrected chi connectivity index (χ1v) is 4.83. The molecule has 3 heteroatoms. The second-order valence-electron chi connectivity index (χ2n) is 3.91. The van der Waals surface area contributed by atoms with E-state index in [9.17, 15) is 0 Å². The summed E-state index contributed by atoms with van der Waals surface area (Å²) < 4.78 is 0. The van der Waals surface area contributed by atoms with Gasteiger partial charge in [-0.2, -0.15) is 0 Å². The number of nitrogens with two attached hydrogens (primary N) is 1. The molecule has 3 nitrogen and oxygen atoms in total. The van der Waals surface area contributed by atoms with Crippen molar-refractivity contribution in [2.45, 2.75) is 44.2 Å². The molecule has 0 aromatic carbocycles. The summed E-state index contributed by atoms with van der Waals surface area (Å²) in [5.41, 5.74) is 5.84. The summed E-state index contributed by atoms with van der Waals surface area (Å²) in [5, 5.41) is 0. The smallest absolute Gasteiger partial charge is 0.191 e. The minimum absolute atomic E-state index is 0.549. The molecular weight excluding hydrogens is 150 g/mol. The van der Waals surface area contributed by atoms with Crippen LogP contribution in [0.5, 0.6) is 0 Å². The van der Waals surface area contributed by atoms with E-state index in [4.69, 9.17) is 5.73 Å². The monoisotopic (exact) mass is 167 g/mol. The van der Waals surface area contributed by atoms with E-state index < -0.39 is 0 Å². The highest BCUT2D eigenvalue weighted by Crippen LogP contribution is 2.26. The molecule has 0 bridgehead atoms. The standard InChI is InChI=1S/C9H17N3/c1-12(8-3-2-4-8)9(10)11-7-5-6-7/h7-8H,2-6H2,1H3,(H2,10,11). The fourth-order valence-electron chi connectivity index (χ4n) is 1.44. The highest BCUT2D eigenvalue weighted by atomic mass is 15.3. The van der Waals surface area contributed by atoms with Gasteiger partial charge in [0.1, 0.15) is 0 Å². The van der Waals surface area contributed by atoms with Crippen LogP contribution in [-0.4, -0.2) is 30.0 Å². The molecule has 2 saturated carbocycles. The summed E-state index contributed by atoms with van der Waals surface area (Å²) in [5.74, 6) is 0.752. The quantitative estimate of drug-likeness (QED) is 0.491. The van der Waals surface area contributed by atoms with Gasteiger partial charge in [0.25, 0.3) is 0 Å². The van der Waals surface area contributed by atoms with Crippen LogP contribution in [0.4, 0.5) is 0 Å². The Morgan fingerprint density at radius 2 is 2.00 bits per heavy atom. The number of hydrogen-bond acceptors (Lipinski definition) is 1. The van der Waals surface area contributed by atoms with Crippen molar-refractivity contribution in [3.63, 3.8) is 0 Å². The molecular formula is C9H17N3. The zero-order valence-electron chi connectivity index (χ0n) is 7.66. The Morgan fingerprint density at radius 1 is 1.33 bits per heavy atom. The van der Waals surface area contributed by atoms with Crippen molar-refractivity contribution >= 4 is 5.96 Å². The Kier molecular flexibility index (Phi) is 1.95. The van der Waals surface area contributed by atoms with Gasteiger partial charge in [-0.3, -0.25) is 0 Å². The molecule has 2 aliphatic rings. The zero-order valence-corrected chi connectivity index (χ0v) is 7.66. The van der Waals surface area contributed by atoms with Crippen molar-refractivity contribution in [1.82, 2.24) is 4.90 Å². The average Bonchev–Trinajstić information content (AvgIpc) is 2.67. The molecule has 2 N–H and O–H groups in total. The summed E-state index contributed by atoms with van der Waals surface area (Å²) in [7, 11) is 2.06. The Balaban J connectivity index is 1.87. The summed E-state index contributed by atoms with van der Waals surface area (Å²) in [6, 6.07) is 1.22. The molecule has 0 aromatic rings. The summed E-state index contributed by atoms with van der Waals surface area (Å²) >= 11 is 0.